The molecular formula is C16H21NO3. The summed E-state index contributed by atoms with van der Waals surface area (Å²) in [6.07, 6.45) is 2.62. The number of ether oxygens (including phenoxy) is 1. The van der Waals surface area contributed by atoms with Crippen molar-refractivity contribution in [2.75, 3.05) is 20.2 Å². The second kappa shape index (κ2) is 6.55. The molecule has 1 atom stereocenters. The molecule has 1 aliphatic rings. The number of likely N-dealkylation sites (tertiary alicyclic amines) is 1. The van der Waals surface area contributed by atoms with Crippen LogP contribution in [-0.4, -0.2) is 37.0 Å². The van der Waals surface area contributed by atoms with Gasteiger partial charge < -0.3 is 9.64 Å². The minimum absolute atomic E-state index is 0.207. The molecule has 1 aromatic carbocycles. The van der Waals surface area contributed by atoms with Crippen molar-refractivity contribution >= 4 is 11.9 Å². The number of benzene rings is 1. The molecule has 0 N–H and O–H groups in total. The fourth-order valence-corrected chi connectivity index (χ4v) is 2.74. The van der Waals surface area contributed by atoms with Gasteiger partial charge in [0, 0.05) is 25.4 Å². The minimum atomic E-state index is -0.316. The van der Waals surface area contributed by atoms with Crippen LogP contribution < -0.4 is 0 Å². The summed E-state index contributed by atoms with van der Waals surface area (Å²) < 4.78 is 4.75. The highest BCUT2D eigenvalue weighted by atomic mass is 16.5. The lowest BCUT2D eigenvalue weighted by molar-refractivity contribution is -0.132. The average Bonchev–Trinajstić information content (AvgIpc) is 2.53. The van der Waals surface area contributed by atoms with Gasteiger partial charge in [-0.05, 0) is 30.5 Å². The Morgan fingerprint density at radius 2 is 2.20 bits per heavy atom. The van der Waals surface area contributed by atoms with Crippen molar-refractivity contribution in [3.05, 3.63) is 35.4 Å². The van der Waals surface area contributed by atoms with Gasteiger partial charge in [0.2, 0.25) is 5.91 Å². The molecule has 1 aromatic rings. The van der Waals surface area contributed by atoms with Crippen LogP contribution in [0.2, 0.25) is 0 Å². The maximum absolute atomic E-state index is 11.8. The second-order valence-electron chi connectivity index (χ2n) is 5.15. The Kier molecular flexibility index (Phi) is 4.77. The Morgan fingerprint density at radius 3 is 2.90 bits per heavy atom. The summed E-state index contributed by atoms with van der Waals surface area (Å²) in [6, 6.07) is 7.54. The van der Waals surface area contributed by atoms with Crippen LogP contribution >= 0.6 is 0 Å². The van der Waals surface area contributed by atoms with Gasteiger partial charge in [-0.2, -0.15) is 0 Å². The Bertz CT molecular complexity index is 498. The third-order valence-corrected chi connectivity index (χ3v) is 3.86. The lowest BCUT2D eigenvalue weighted by Gasteiger charge is -2.33. The second-order valence-corrected chi connectivity index (χ2v) is 5.15. The smallest absolute Gasteiger partial charge is 0.337 e. The molecule has 108 valence electrons. The number of rotatable bonds is 3. The standard InChI is InChI=1S/C16H21NO3/c1-3-15(18)17-9-5-8-14(11-17)12-6-4-7-13(10-12)16(19)20-2/h4,6-7,10,14H,3,5,8-9,11H2,1-2H3. The van der Waals surface area contributed by atoms with E-state index in [4.69, 9.17) is 4.74 Å². The van der Waals surface area contributed by atoms with Gasteiger partial charge in [-0.3, -0.25) is 4.79 Å². The zero-order valence-corrected chi connectivity index (χ0v) is 12.1. The zero-order chi connectivity index (χ0) is 14.5. The number of amides is 1. The Labute approximate surface area is 119 Å². The van der Waals surface area contributed by atoms with Crippen LogP contribution in [0, 0.1) is 0 Å². The molecule has 0 aromatic heterocycles. The van der Waals surface area contributed by atoms with Gasteiger partial charge in [0.25, 0.3) is 0 Å². The minimum Gasteiger partial charge on any atom is -0.465 e. The van der Waals surface area contributed by atoms with E-state index >= 15 is 0 Å². The normalized spacial score (nSPS) is 18.7. The summed E-state index contributed by atoms with van der Waals surface area (Å²) >= 11 is 0. The third-order valence-electron chi connectivity index (χ3n) is 3.86. The lowest BCUT2D eigenvalue weighted by Crippen LogP contribution is -2.38. The van der Waals surface area contributed by atoms with Crippen molar-refractivity contribution in [3.63, 3.8) is 0 Å². The van der Waals surface area contributed by atoms with Crippen molar-refractivity contribution in [1.82, 2.24) is 4.90 Å². The molecule has 4 nitrogen and oxygen atoms in total. The van der Waals surface area contributed by atoms with Crippen LogP contribution in [0.1, 0.15) is 48.0 Å². The van der Waals surface area contributed by atoms with Crippen LogP contribution in [-0.2, 0) is 9.53 Å². The number of carbonyl (C=O) groups excluding carboxylic acids is 2. The molecule has 0 radical (unpaired) electrons. The van der Waals surface area contributed by atoms with Gasteiger partial charge in [0.1, 0.15) is 0 Å². The van der Waals surface area contributed by atoms with Crippen molar-refractivity contribution in [3.8, 4) is 0 Å². The highest BCUT2D eigenvalue weighted by Crippen LogP contribution is 2.27. The summed E-state index contributed by atoms with van der Waals surface area (Å²) in [7, 11) is 1.39. The highest BCUT2D eigenvalue weighted by Gasteiger charge is 2.24. The third kappa shape index (κ3) is 3.18. The molecule has 1 aliphatic heterocycles. The average molecular weight is 275 g/mol. The van der Waals surface area contributed by atoms with Crippen LogP contribution in [0.5, 0.6) is 0 Å². The predicted molar refractivity (Wildman–Crippen MR) is 76.6 cm³/mol. The van der Waals surface area contributed by atoms with Crippen molar-refractivity contribution in [1.29, 1.82) is 0 Å². The van der Waals surface area contributed by atoms with Crippen LogP contribution in [0.15, 0.2) is 24.3 Å². The van der Waals surface area contributed by atoms with Gasteiger partial charge in [-0.15, -0.1) is 0 Å². The lowest BCUT2D eigenvalue weighted by atomic mass is 9.89. The van der Waals surface area contributed by atoms with Crippen molar-refractivity contribution in [2.45, 2.75) is 32.1 Å². The highest BCUT2D eigenvalue weighted by molar-refractivity contribution is 5.89. The van der Waals surface area contributed by atoms with E-state index in [2.05, 4.69) is 0 Å². The molecule has 0 spiro atoms. The van der Waals surface area contributed by atoms with E-state index in [1.165, 1.54) is 7.11 Å². The number of hydrogen-bond donors (Lipinski definition) is 0. The summed E-state index contributed by atoms with van der Waals surface area (Å²) in [6.45, 7) is 3.49. The Hall–Kier alpha value is -1.84. The molecule has 1 unspecified atom stereocenters. The summed E-state index contributed by atoms with van der Waals surface area (Å²) in [5, 5.41) is 0. The first-order chi connectivity index (χ1) is 9.65. The van der Waals surface area contributed by atoms with Gasteiger partial charge in [-0.1, -0.05) is 19.1 Å². The number of methoxy groups -OCH3 is 1. The molecule has 0 bridgehead atoms. The number of hydrogen-bond acceptors (Lipinski definition) is 3. The SMILES string of the molecule is CCC(=O)N1CCCC(c2cccc(C(=O)OC)c2)C1. The molecule has 1 saturated heterocycles. The first-order valence-corrected chi connectivity index (χ1v) is 7.11. The fourth-order valence-electron chi connectivity index (χ4n) is 2.74. The van der Waals surface area contributed by atoms with Crippen molar-refractivity contribution in [2.24, 2.45) is 0 Å². The van der Waals surface area contributed by atoms with Crippen LogP contribution in [0.25, 0.3) is 0 Å². The fraction of sp³-hybridized carbons (Fsp3) is 0.500. The maximum atomic E-state index is 11.8. The van der Waals surface area contributed by atoms with Gasteiger partial charge in [0.05, 0.1) is 12.7 Å². The molecule has 1 fully saturated rings. The largest absolute Gasteiger partial charge is 0.465 e. The van der Waals surface area contributed by atoms with Gasteiger partial charge in [0.15, 0.2) is 0 Å². The summed E-state index contributed by atoms with van der Waals surface area (Å²) in [5.41, 5.74) is 1.69. The number of esters is 1. The van der Waals surface area contributed by atoms with Crippen molar-refractivity contribution < 1.29 is 14.3 Å². The topological polar surface area (TPSA) is 46.6 Å². The molecule has 4 heteroatoms. The molecule has 1 amide bonds. The summed E-state index contributed by atoms with van der Waals surface area (Å²) in [4.78, 5) is 25.3. The molecule has 0 saturated carbocycles. The number of piperidine rings is 1. The number of nitrogens with zero attached hydrogens (tertiary/aromatic N) is 1. The molecule has 2 rings (SSSR count). The van der Waals surface area contributed by atoms with E-state index < -0.39 is 0 Å². The van der Waals surface area contributed by atoms with E-state index in [0.717, 1.165) is 31.5 Å². The quantitative estimate of drug-likeness (QED) is 0.797. The predicted octanol–water partition coefficient (Wildman–Crippen LogP) is 2.59. The molecular weight excluding hydrogens is 254 g/mol. The Balaban J connectivity index is 2.14. The molecule has 0 aliphatic carbocycles. The van der Waals surface area contributed by atoms with E-state index in [1.807, 2.05) is 30.0 Å². The van der Waals surface area contributed by atoms with Gasteiger partial charge in [-0.25, -0.2) is 4.79 Å². The maximum Gasteiger partial charge on any atom is 0.337 e. The van der Waals surface area contributed by atoms with E-state index in [-0.39, 0.29) is 11.9 Å². The Morgan fingerprint density at radius 1 is 1.40 bits per heavy atom. The van der Waals surface area contributed by atoms with Crippen LogP contribution in [0.4, 0.5) is 0 Å². The van der Waals surface area contributed by atoms with Gasteiger partial charge >= 0.3 is 5.97 Å². The molecule has 1 heterocycles. The first kappa shape index (κ1) is 14.6. The first-order valence-electron chi connectivity index (χ1n) is 7.11. The van der Waals surface area contributed by atoms with Crippen LogP contribution in [0.3, 0.4) is 0 Å². The van der Waals surface area contributed by atoms with E-state index in [0.29, 0.717) is 17.9 Å². The number of carbonyl (C=O) groups is 2. The summed E-state index contributed by atoms with van der Waals surface area (Å²) in [5.74, 6) is 0.201. The monoisotopic (exact) mass is 275 g/mol. The van der Waals surface area contributed by atoms with E-state index in [9.17, 15) is 9.59 Å². The molecule has 20 heavy (non-hydrogen) atoms. The zero-order valence-electron chi connectivity index (χ0n) is 12.1. The van der Waals surface area contributed by atoms with E-state index in [1.54, 1.807) is 6.07 Å².